The minimum Gasteiger partial charge on any atom is -0.481 e. The SMILES string of the molecule is O=C(O)C1(c2ccc(C3CCOCC3)c(Cl)c2)CC1. The van der Waals surface area contributed by atoms with Gasteiger partial charge in [0.1, 0.15) is 0 Å². The molecule has 1 aromatic carbocycles. The Morgan fingerprint density at radius 2 is 2.00 bits per heavy atom. The minimum absolute atomic E-state index is 0.440. The van der Waals surface area contributed by atoms with Crippen LogP contribution in [0.25, 0.3) is 0 Å². The van der Waals surface area contributed by atoms with Crippen LogP contribution in [0.15, 0.2) is 18.2 Å². The summed E-state index contributed by atoms with van der Waals surface area (Å²) in [4.78, 5) is 11.3. The molecule has 1 saturated carbocycles. The second-order valence-electron chi connectivity index (χ2n) is 5.51. The van der Waals surface area contributed by atoms with Gasteiger partial charge in [-0.05, 0) is 48.8 Å². The molecule has 0 unspecified atom stereocenters. The molecule has 0 amide bonds. The topological polar surface area (TPSA) is 46.5 Å². The molecule has 0 spiro atoms. The van der Waals surface area contributed by atoms with Gasteiger partial charge in [-0.1, -0.05) is 23.7 Å². The van der Waals surface area contributed by atoms with Crippen molar-refractivity contribution in [2.75, 3.05) is 13.2 Å². The lowest BCUT2D eigenvalue weighted by atomic mass is 9.88. The summed E-state index contributed by atoms with van der Waals surface area (Å²) in [7, 11) is 0. The molecule has 0 bridgehead atoms. The summed E-state index contributed by atoms with van der Waals surface area (Å²) < 4.78 is 5.36. The monoisotopic (exact) mass is 280 g/mol. The Bertz CT molecular complexity index is 502. The van der Waals surface area contributed by atoms with E-state index < -0.39 is 11.4 Å². The zero-order chi connectivity index (χ0) is 13.5. The van der Waals surface area contributed by atoms with Crippen LogP contribution in [0.1, 0.15) is 42.7 Å². The van der Waals surface area contributed by atoms with Gasteiger partial charge >= 0.3 is 5.97 Å². The molecule has 19 heavy (non-hydrogen) atoms. The van der Waals surface area contributed by atoms with Gasteiger partial charge in [0.2, 0.25) is 0 Å². The maximum Gasteiger partial charge on any atom is 0.314 e. The van der Waals surface area contributed by atoms with Gasteiger partial charge in [0.05, 0.1) is 5.41 Å². The molecule has 1 heterocycles. The van der Waals surface area contributed by atoms with E-state index in [2.05, 4.69) is 0 Å². The molecule has 0 aromatic heterocycles. The van der Waals surface area contributed by atoms with Crippen molar-refractivity contribution in [2.45, 2.75) is 37.0 Å². The van der Waals surface area contributed by atoms with Crippen LogP contribution >= 0.6 is 11.6 Å². The highest BCUT2D eigenvalue weighted by molar-refractivity contribution is 6.31. The van der Waals surface area contributed by atoms with E-state index in [-0.39, 0.29) is 0 Å². The fourth-order valence-electron chi connectivity index (χ4n) is 2.92. The van der Waals surface area contributed by atoms with Crippen LogP contribution in [0.3, 0.4) is 0 Å². The number of benzene rings is 1. The predicted molar refractivity (Wildman–Crippen MR) is 72.8 cm³/mol. The van der Waals surface area contributed by atoms with E-state index in [1.807, 2.05) is 18.2 Å². The lowest BCUT2D eigenvalue weighted by Gasteiger charge is -2.24. The van der Waals surface area contributed by atoms with Crippen LogP contribution in [0.2, 0.25) is 5.02 Å². The van der Waals surface area contributed by atoms with Crippen LogP contribution in [-0.4, -0.2) is 24.3 Å². The molecule has 1 saturated heterocycles. The zero-order valence-electron chi connectivity index (χ0n) is 10.7. The smallest absolute Gasteiger partial charge is 0.314 e. The van der Waals surface area contributed by atoms with Crippen molar-refractivity contribution in [1.82, 2.24) is 0 Å². The molecule has 1 aromatic rings. The molecule has 4 heteroatoms. The Hall–Kier alpha value is -1.06. The molecule has 2 fully saturated rings. The van der Waals surface area contributed by atoms with E-state index in [1.165, 1.54) is 0 Å². The van der Waals surface area contributed by atoms with E-state index in [0.29, 0.717) is 10.9 Å². The lowest BCUT2D eigenvalue weighted by Crippen LogP contribution is -2.20. The Morgan fingerprint density at radius 3 is 2.53 bits per heavy atom. The van der Waals surface area contributed by atoms with E-state index >= 15 is 0 Å². The summed E-state index contributed by atoms with van der Waals surface area (Å²) in [6, 6.07) is 5.81. The molecule has 3 nitrogen and oxygen atoms in total. The molecular weight excluding hydrogens is 264 g/mol. The normalized spacial score (nSPS) is 22.2. The summed E-state index contributed by atoms with van der Waals surface area (Å²) >= 11 is 6.37. The Morgan fingerprint density at radius 1 is 1.32 bits per heavy atom. The third kappa shape index (κ3) is 2.26. The van der Waals surface area contributed by atoms with Crippen molar-refractivity contribution in [2.24, 2.45) is 0 Å². The van der Waals surface area contributed by atoms with Crippen molar-refractivity contribution in [1.29, 1.82) is 0 Å². The van der Waals surface area contributed by atoms with Gasteiger partial charge in [0.25, 0.3) is 0 Å². The highest BCUT2D eigenvalue weighted by atomic mass is 35.5. The van der Waals surface area contributed by atoms with Gasteiger partial charge in [-0.3, -0.25) is 4.79 Å². The molecule has 2 aliphatic rings. The van der Waals surface area contributed by atoms with Gasteiger partial charge < -0.3 is 9.84 Å². The number of aliphatic carboxylic acids is 1. The van der Waals surface area contributed by atoms with Crippen LogP contribution in [-0.2, 0) is 14.9 Å². The molecule has 0 radical (unpaired) electrons. The second-order valence-corrected chi connectivity index (χ2v) is 5.92. The summed E-state index contributed by atoms with van der Waals surface area (Å²) in [5.74, 6) is -0.294. The van der Waals surface area contributed by atoms with Crippen molar-refractivity contribution < 1.29 is 14.6 Å². The summed E-state index contributed by atoms with van der Waals surface area (Å²) in [6.45, 7) is 1.56. The van der Waals surface area contributed by atoms with E-state index in [1.54, 1.807) is 0 Å². The number of carbonyl (C=O) groups is 1. The van der Waals surface area contributed by atoms with E-state index in [9.17, 15) is 9.90 Å². The molecule has 0 atom stereocenters. The van der Waals surface area contributed by atoms with Crippen molar-refractivity contribution in [3.63, 3.8) is 0 Å². The van der Waals surface area contributed by atoms with E-state index in [0.717, 1.165) is 50.0 Å². The average molecular weight is 281 g/mol. The molecule has 1 aliphatic carbocycles. The molecule has 102 valence electrons. The number of halogens is 1. The standard InChI is InChI=1S/C15H17ClO3/c16-13-9-11(15(5-6-15)14(17)18)1-2-12(13)10-3-7-19-8-4-10/h1-2,9-10H,3-8H2,(H,17,18). The van der Waals surface area contributed by atoms with Crippen LogP contribution in [0, 0.1) is 0 Å². The first-order chi connectivity index (χ1) is 9.13. The number of carboxylic acids is 1. The second kappa shape index (κ2) is 4.80. The minimum atomic E-state index is -0.734. The Kier molecular flexibility index (Phi) is 3.27. The third-order valence-electron chi connectivity index (χ3n) is 4.37. The summed E-state index contributed by atoms with van der Waals surface area (Å²) in [5.41, 5.74) is 1.31. The first-order valence-corrected chi connectivity index (χ1v) is 7.12. The highest BCUT2D eigenvalue weighted by Gasteiger charge is 2.51. The molecule has 1 N–H and O–H groups in total. The van der Waals surface area contributed by atoms with Crippen LogP contribution in [0.5, 0.6) is 0 Å². The summed E-state index contributed by atoms with van der Waals surface area (Å²) in [5, 5.41) is 10.0. The van der Waals surface area contributed by atoms with Crippen molar-refractivity contribution in [3.05, 3.63) is 34.3 Å². The first-order valence-electron chi connectivity index (χ1n) is 6.74. The third-order valence-corrected chi connectivity index (χ3v) is 4.70. The number of hydrogen-bond donors (Lipinski definition) is 1. The fourth-order valence-corrected chi connectivity index (χ4v) is 3.25. The first kappa shape index (κ1) is 12.9. The van der Waals surface area contributed by atoms with Crippen LogP contribution in [0.4, 0.5) is 0 Å². The van der Waals surface area contributed by atoms with Gasteiger partial charge in [-0.25, -0.2) is 0 Å². The quantitative estimate of drug-likeness (QED) is 0.923. The Balaban J connectivity index is 1.88. The zero-order valence-corrected chi connectivity index (χ0v) is 11.4. The summed E-state index contributed by atoms with van der Waals surface area (Å²) in [6.07, 6.45) is 3.41. The maximum atomic E-state index is 11.3. The van der Waals surface area contributed by atoms with Gasteiger partial charge in [0, 0.05) is 18.2 Å². The Labute approximate surface area is 117 Å². The number of carboxylic acid groups (broad SMARTS) is 1. The largest absolute Gasteiger partial charge is 0.481 e. The molecule has 1 aliphatic heterocycles. The number of rotatable bonds is 3. The van der Waals surface area contributed by atoms with Gasteiger partial charge in [0.15, 0.2) is 0 Å². The number of ether oxygens (including phenoxy) is 1. The predicted octanol–water partition coefficient (Wildman–Crippen LogP) is 3.35. The van der Waals surface area contributed by atoms with E-state index in [4.69, 9.17) is 16.3 Å². The molecule has 3 rings (SSSR count). The van der Waals surface area contributed by atoms with Crippen LogP contribution < -0.4 is 0 Å². The maximum absolute atomic E-state index is 11.3. The van der Waals surface area contributed by atoms with Gasteiger partial charge in [-0.2, -0.15) is 0 Å². The van der Waals surface area contributed by atoms with Crippen molar-refractivity contribution >= 4 is 17.6 Å². The molecular formula is C15H17ClO3. The van der Waals surface area contributed by atoms with Gasteiger partial charge in [-0.15, -0.1) is 0 Å². The lowest BCUT2D eigenvalue weighted by molar-refractivity contribution is -0.140. The van der Waals surface area contributed by atoms with Crippen molar-refractivity contribution in [3.8, 4) is 0 Å². The number of hydrogen-bond acceptors (Lipinski definition) is 2. The fraction of sp³-hybridized carbons (Fsp3) is 0.533. The highest BCUT2D eigenvalue weighted by Crippen LogP contribution is 2.49. The average Bonchev–Trinajstić information content (AvgIpc) is 3.21.